The summed E-state index contributed by atoms with van der Waals surface area (Å²) >= 11 is 0. The van der Waals surface area contributed by atoms with Crippen molar-refractivity contribution in [2.75, 3.05) is 4.90 Å². The van der Waals surface area contributed by atoms with Crippen LogP contribution in [-0.4, -0.2) is 22.9 Å². The van der Waals surface area contributed by atoms with E-state index in [2.05, 4.69) is 67.7 Å². The SMILES string of the molecule is CC(C)(C)[Si](C)(C)Oc1cc(O[Si](C)(C)C(C)(C)C)cc(N(c2cccc(F)c2)c2cccc(C=O)c2)c1. The Bertz CT molecular complexity index is 1250. The number of hydrogen-bond acceptors (Lipinski definition) is 4. The van der Waals surface area contributed by atoms with Gasteiger partial charge in [0, 0.05) is 35.1 Å². The van der Waals surface area contributed by atoms with E-state index in [9.17, 15) is 9.18 Å². The second-order valence-corrected chi connectivity index (χ2v) is 22.4. The molecule has 0 aliphatic rings. The lowest BCUT2D eigenvalue weighted by Gasteiger charge is -2.38. The van der Waals surface area contributed by atoms with Gasteiger partial charge in [-0.25, -0.2) is 4.39 Å². The topological polar surface area (TPSA) is 38.8 Å². The molecular weight excluding hydrogens is 510 g/mol. The van der Waals surface area contributed by atoms with Crippen LogP contribution in [0, 0.1) is 5.82 Å². The molecule has 0 bridgehead atoms. The van der Waals surface area contributed by atoms with E-state index < -0.39 is 16.6 Å². The molecule has 3 rings (SSSR count). The maximum absolute atomic E-state index is 14.4. The molecule has 0 saturated carbocycles. The Balaban J connectivity index is 2.27. The van der Waals surface area contributed by atoms with Gasteiger partial charge in [-0.15, -0.1) is 0 Å². The first-order valence-electron chi connectivity index (χ1n) is 13.1. The van der Waals surface area contributed by atoms with E-state index in [4.69, 9.17) is 8.85 Å². The third-order valence-corrected chi connectivity index (χ3v) is 16.5. The molecule has 0 saturated heterocycles. The van der Waals surface area contributed by atoms with Crippen LogP contribution in [0.1, 0.15) is 51.9 Å². The predicted molar refractivity (Wildman–Crippen MR) is 162 cm³/mol. The Hall–Kier alpha value is -2.91. The molecule has 0 radical (unpaired) electrons. The summed E-state index contributed by atoms with van der Waals surface area (Å²) in [6.07, 6.45) is 0.816. The molecule has 38 heavy (non-hydrogen) atoms. The Morgan fingerprint density at radius 1 is 0.684 bits per heavy atom. The van der Waals surface area contributed by atoms with Gasteiger partial charge in [0.15, 0.2) is 0 Å². The lowest BCUT2D eigenvalue weighted by molar-refractivity contribution is 0.112. The fraction of sp³-hybridized carbons (Fsp3) is 0.387. The van der Waals surface area contributed by atoms with Crippen molar-refractivity contribution in [3.05, 3.63) is 78.1 Å². The van der Waals surface area contributed by atoms with Crippen LogP contribution >= 0.6 is 0 Å². The molecule has 0 spiro atoms. The zero-order valence-corrected chi connectivity index (χ0v) is 26.5. The number of nitrogens with zero attached hydrogens (tertiary/aromatic N) is 1. The van der Waals surface area contributed by atoms with E-state index in [1.54, 1.807) is 18.2 Å². The first-order valence-corrected chi connectivity index (χ1v) is 18.9. The molecule has 0 amide bonds. The molecule has 0 heterocycles. The van der Waals surface area contributed by atoms with Crippen LogP contribution in [0.4, 0.5) is 21.5 Å². The van der Waals surface area contributed by atoms with Gasteiger partial charge in [-0.05, 0) is 66.6 Å². The van der Waals surface area contributed by atoms with Crippen LogP contribution in [-0.2, 0) is 0 Å². The Morgan fingerprint density at radius 3 is 1.61 bits per heavy atom. The third-order valence-electron chi connectivity index (χ3n) is 7.81. The smallest absolute Gasteiger partial charge is 0.250 e. The highest BCUT2D eigenvalue weighted by molar-refractivity contribution is 6.75. The van der Waals surface area contributed by atoms with E-state index in [0.717, 1.165) is 29.2 Å². The van der Waals surface area contributed by atoms with E-state index in [1.807, 2.05) is 41.3 Å². The molecule has 0 unspecified atom stereocenters. The largest absolute Gasteiger partial charge is 0.543 e. The van der Waals surface area contributed by atoms with Gasteiger partial charge in [0.05, 0.1) is 5.69 Å². The van der Waals surface area contributed by atoms with E-state index in [0.29, 0.717) is 11.3 Å². The van der Waals surface area contributed by atoms with Crippen molar-refractivity contribution in [2.24, 2.45) is 0 Å². The summed E-state index contributed by atoms with van der Waals surface area (Å²) in [5, 5.41) is 0.00792. The number of anilines is 3. The molecule has 0 atom stereocenters. The molecule has 0 N–H and O–H groups in total. The molecule has 4 nitrogen and oxygen atoms in total. The lowest BCUT2D eigenvalue weighted by Crippen LogP contribution is -2.44. The summed E-state index contributed by atoms with van der Waals surface area (Å²) in [6, 6.07) is 19.7. The number of hydrogen-bond donors (Lipinski definition) is 0. The molecule has 0 aromatic heterocycles. The minimum absolute atomic E-state index is 0.00396. The zero-order valence-electron chi connectivity index (χ0n) is 24.5. The summed E-state index contributed by atoms with van der Waals surface area (Å²) in [5.41, 5.74) is 2.68. The van der Waals surface area contributed by atoms with Gasteiger partial charge in [-0.2, -0.15) is 0 Å². The summed E-state index contributed by atoms with van der Waals surface area (Å²) in [7, 11) is -4.35. The summed E-state index contributed by atoms with van der Waals surface area (Å²) < 4.78 is 28.0. The molecule has 0 fully saturated rings. The number of carbonyl (C=O) groups is 1. The van der Waals surface area contributed by atoms with Crippen LogP contribution in [0.15, 0.2) is 66.7 Å². The third kappa shape index (κ3) is 6.74. The van der Waals surface area contributed by atoms with Crippen LogP contribution in [0.3, 0.4) is 0 Å². The summed E-state index contributed by atoms with van der Waals surface area (Å²) in [4.78, 5) is 13.5. The Labute approximate surface area is 230 Å². The van der Waals surface area contributed by atoms with Gasteiger partial charge in [0.2, 0.25) is 16.6 Å². The molecule has 0 aliphatic carbocycles. The highest BCUT2D eigenvalue weighted by atomic mass is 28.4. The Morgan fingerprint density at radius 2 is 1.16 bits per heavy atom. The molecule has 3 aromatic rings. The van der Waals surface area contributed by atoms with Gasteiger partial charge in [-0.1, -0.05) is 59.7 Å². The van der Waals surface area contributed by atoms with Crippen molar-refractivity contribution in [1.82, 2.24) is 0 Å². The standard InChI is InChI=1S/C31H42FNO3Si2/c1-30(2,3)37(7,8)35-28-19-27(20-29(21-28)36-38(9,10)31(4,5)6)33(26-16-12-14-24(32)18-26)25-15-11-13-23(17-25)22-34/h11-22H,1-10H3. The first kappa shape index (κ1) is 29.6. The van der Waals surface area contributed by atoms with Crippen molar-refractivity contribution < 1.29 is 18.0 Å². The van der Waals surface area contributed by atoms with Crippen molar-refractivity contribution in [3.8, 4) is 11.5 Å². The van der Waals surface area contributed by atoms with E-state index in [-0.39, 0.29) is 15.9 Å². The minimum Gasteiger partial charge on any atom is -0.543 e. The fourth-order valence-electron chi connectivity index (χ4n) is 3.50. The molecule has 204 valence electrons. The first-order chi connectivity index (χ1) is 17.4. The van der Waals surface area contributed by atoms with Crippen molar-refractivity contribution in [3.63, 3.8) is 0 Å². The maximum Gasteiger partial charge on any atom is 0.250 e. The van der Waals surface area contributed by atoms with Gasteiger partial charge >= 0.3 is 0 Å². The number of aldehydes is 1. The van der Waals surface area contributed by atoms with Crippen LogP contribution in [0.2, 0.25) is 36.3 Å². The lowest BCUT2D eigenvalue weighted by atomic mass is 10.1. The Kier molecular flexibility index (Phi) is 8.34. The molecule has 0 aliphatic heterocycles. The van der Waals surface area contributed by atoms with Crippen molar-refractivity contribution in [1.29, 1.82) is 0 Å². The number of rotatable bonds is 8. The summed E-state index contributed by atoms with van der Waals surface area (Å²) in [5.74, 6) is 1.09. The highest BCUT2D eigenvalue weighted by Gasteiger charge is 2.41. The fourth-order valence-corrected chi connectivity index (χ4v) is 5.53. The minimum atomic E-state index is -2.17. The average Bonchev–Trinajstić information content (AvgIpc) is 2.77. The van der Waals surface area contributed by atoms with Crippen molar-refractivity contribution in [2.45, 2.75) is 77.8 Å². The van der Waals surface area contributed by atoms with Gasteiger partial charge < -0.3 is 13.8 Å². The van der Waals surface area contributed by atoms with Crippen LogP contribution in [0.5, 0.6) is 11.5 Å². The number of halogens is 1. The normalized spacial score (nSPS) is 12.7. The molecular formula is C31H42FNO3Si2. The van der Waals surface area contributed by atoms with E-state index in [1.165, 1.54) is 12.1 Å². The van der Waals surface area contributed by atoms with Gasteiger partial charge in [-0.3, -0.25) is 4.79 Å². The highest BCUT2D eigenvalue weighted by Crippen LogP contribution is 2.44. The van der Waals surface area contributed by atoms with Gasteiger partial charge in [0.1, 0.15) is 23.6 Å². The monoisotopic (exact) mass is 551 g/mol. The van der Waals surface area contributed by atoms with Crippen LogP contribution < -0.4 is 13.8 Å². The summed E-state index contributed by atoms with van der Waals surface area (Å²) in [6.45, 7) is 22.1. The number of carbonyl (C=O) groups excluding carboxylic acids is 1. The quantitative estimate of drug-likeness (QED) is 0.206. The van der Waals surface area contributed by atoms with Crippen LogP contribution in [0.25, 0.3) is 0 Å². The van der Waals surface area contributed by atoms with Gasteiger partial charge in [0.25, 0.3) is 0 Å². The average molecular weight is 552 g/mol. The second kappa shape index (κ2) is 10.7. The maximum atomic E-state index is 14.4. The zero-order chi connectivity index (χ0) is 28.5. The predicted octanol–water partition coefficient (Wildman–Crippen LogP) is 9.88. The van der Waals surface area contributed by atoms with Crippen molar-refractivity contribution >= 4 is 40.0 Å². The molecule has 7 heteroatoms. The second-order valence-electron chi connectivity index (χ2n) is 12.9. The number of benzene rings is 3. The van der Waals surface area contributed by atoms with E-state index >= 15 is 0 Å². The molecule has 3 aromatic carbocycles.